The molecule has 118 valence electrons. The number of hydrogen-bond acceptors (Lipinski definition) is 3. The third kappa shape index (κ3) is 6.68. The molecule has 0 aromatic carbocycles. The summed E-state index contributed by atoms with van der Waals surface area (Å²) < 4.78 is 0. The minimum absolute atomic E-state index is 0. The zero-order valence-corrected chi connectivity index (χ0v) is 14.2. The molecule has 1 amide bonds. The normalized spacial score (nSPS) is 30.4. The van der Waals surface area contributed by atoms with Crippen LogP contribution in [-0.4, -0.2) is 36.5 Å². The Kier molecular flexibility index (Phi) is 8.98. The Morgan fingerprint density at radius 1 is 1.40 bits per heavy atom. The molecule has 0 radical (unpaired) electrons. The Bertz CT molecular complexity index is 285. The van der Waals surface area contributed by atoms with Crippen molar-refractivity contribution in [2.75, 3.05) is 24.6 Å². The van der Waals surface area contributed by atoms with Crippen LogP contribution in [0.4, 0.5) is 0 Å². The van der Waals surface area contributed by atoms with E-state index in [2.05, 4.69) is 17.6 Å². The molecule has 1 aliphatic heterocycles. The van der Waals surface area contributed by atoms with Gasteiger partial charge in [-0.2, -0.15) is 11.8 Å². The molecule has 5 heteroatoms. The van der Waals surface area contributed by atoms with Gasteiger partial charge < -0.3 is 10.6 Å². The second-order valence-corrected chi connectivity index (χ2v) is 7.36. The lowest BCUT2D eigenvalue weighted by Crippen LogP contribution is -2.41. The summed E-state index contributed by atoms with van der Waals surface area (Å²) in [6.07, 6.45) is 7.31. The molecule has 2 N–H and O–H groups in total. The molecule has 1 heterocycles. The zero-order chi connectivity index (χ0) is 13.5. The summed E-state index contributed by atoms with van der Waals surface area (Å²) in [7, 11) is 0. The number of hydrogen-bond donors (Lipinski definition) is 2. The highest BCUT2D eigenvalue weighted by molar-refractivity contribution is 7.99. The molecular weight excluding hydrogens is 292 g/mol. The molecule has 0 aromatic rings. The van der Waals surface area contributed by atoms with Gasteiger partial charge in [0.1, 0.15) is 0 Å². The predicted molar refractivity (Wildman–Crippen MR) is 89.7 cm³/mol. The monoisotopic (exact) mass is 320 g/mol. The minimum atomic E-state index is 0. The van der Waals surface area contributed by atoms with Crippen LogP contribution in [0.25, 0.3) is 0 Å². The fourth-order valence-corrected chi connectivity index (χ4v) is 4.23. The summed E-state index contributed by atoms with van der Waals surface area (Å²) in [5, 5.41) is 6.52. The second-order valence-electron chi connectivity index (χ2n) is 6.21. The van der Waals surface area contributed by atoms with Crippen molar-refractivity contribution in [1.82, 2.24) is 10.6 Å². The Hall–Kier alpha value is 0.0700. The Morgan fingerprint density at radius 2 is 2.25 bits per heavy atom. The number of carbonyl (C=O) groups is 1. The van der Waals surface area contributed by atoms with Gasteiger partial charge in [-0.05, 0) is 24.7 Å². The molecule has 0 spiro atoms. The number of thioether (sulfide) groups is 1. The molecule has 3 atom stereocenters. The fraction of sp³-hybridized carbons (Fsp3) is 0.933. The highest BCUT2D eigenvalue weighted by atomic mass is 35.5. The van der Waals surface area contributed by atoms with E-state index in [0.717, 1.165) is 30.7 Å². The van der Waals surface area contributed by atoms with E-state index in [9.17, 15) is 4.79 Å². The minimum Gasteiger partial charge on any atom is -0.356 e. The summed E-state index contributed by atoms with van der Waals surface area (Å²) >= 11 is 1.95. The van der Waals surface area contributed by atoms with Crippen LogP contribution in [0, 0.1) is 11.8 Å². The maximum atomic E-state index is 11.9. The number of amides is 1. The van der Waals surface area contributed by atoms with Gasteiger partial charge in [-0.1, -0.05) is 26.2 Å². The molecule has 1 saturated carbocycles. The van der Waals surface area contributed by atoms with Crippen LogP contribution < -0.4 is 10.6 Å². The first kappa shape index (κ1) is 18.1. The first-order chi connectivity index (χ1) is 9.24. The van der Waals surface area contributed by atoms with E-state index in [-0.39, 0.29) is 18.3 Å². The average molecular weight is 321 g/mol. The summed E-state index contributed by atoms with van der Waals surface area (Å²) in [4.78, 5) is 11.9. The SMILES string of the molecule is CC1CCCC(CCNC(=O)CC2CSCCN2)C1.Cl. The van der Waals surface area contributed by atoms with Crippen LogP contribution in [0.3, 0.4) is 0 Å². The molecule has 1 saturated heterocycles. The van der Waals surface area contributed by atoms with Crippen LogP contribution >= 0.6 is 24.2 Å². The van der Waals surface area contributed by atoms with Gasteiger partial charge in [0, 0.05) is 37.1 Å². The highest BCUT2D eigenvalue weighted by Gasteiger charge is 2.19. The van der Waals surface area contributed by atoms with Gasteiger partial charge in [-0.3, -0.25) is 4.79 Å². The van der Waals surface area contributed by atoms with Crippen LogP contribution in [-0.2, 0) is 4.79 Å². The smallest absolute Gasteiger partial charge is 0.221 e. The van der Waals surface area contributed by atoms with Gasteiger partial charge in [0.05, 0.1) is 0 Å². The third-order valence-electron chi connectivity index (χ3n) is 4.35. The van der Waals surface area contributed by atoms with Crippen molar-refractivity contribution in [2.45, 2.75) is 51.5 Å². The number of nitrogens with one attached hydrogen (secondary N) is 2. The lowest BCUT2D eigenvalue weighted by Gasteiger charge is -2.27. The van der Waals surface area contributed by atoms with Gasteiger partial charge in [0.25, 0.3) is 0 Å². The molecule has 3 unspecified atom stereocenters. The van der Waals surface area contributed by atoms with E-state index in [1.165, 1.54) is 37.9 Å². The van der Waals surface area contributed by atoms with Gasteiger partial charge in [-0.25, -0.2) is 0 Å². The van der Waals surface area contributed by atoms with Crippen molar-refractivity contribution in [3.63, 3.8) is 0 Å². The van der Waals surface area contributed by atoms with E-state index in [0.29, 0.717) is 12.5 Å². The molecule has 3 nitrogen and oxygen atoms in total. The van der Waals surface area contributed by atoms with E-state index in [1.54, 1.807) is 0 Å². The lowest BCUT2D eigenvalue weighted by atomic mass is 9.81. The molecule has 2 aliphatic rings. The van der Waals surface area contributed by atoms with E-state index < -0.39 is 0 Å². The summed E-state index contributed by atoms with van der Waals surface area (Å²) in [6, 6.07) is 0.383. The van der Waals surface area contributed by atoms with Gasteiger partial charge in [-0.15, -0.1) is 12.4 Å². The van der Waals surface area contributed by atoms with Crippen molar-refractivity contribution in [3.8, 4) is 0 Å². The summed E-state index contributed by atoms with van der Waals surface area (Å²) in [5.74, 6) is 4.21. The maximum Gasteiger partial charge on any atom is 0.221 e. The van der Waals surface area contributed by atoms with E-state index in [4.69, 9.17) is 0 Å². The Morgan fingerprint density at radius 3 is 2.95 bits per heavy atom. The largest absolute Gasteiger partial charge is 0.356 e. The number of halogens is 1. The first-order valence-corrected chi connectivity index (χ1v) is 8.97. The molecule has 2 fully saturated rings. The van der Waals surface area contributed by atoms with Gasteiger partial charge in [0.2, 0.25) is 5.91 Å². The van der Waals surface area contributed by atoms with Crippen LogP contribution in [0.2, 0.25) is 0 Å². The van der Waals surface area contributed by atoms with Crippen molar-refractivity contribution < 1.29 is 4.79 Å². The molecule has 0 bridgehead atoms. The highest BCUT2D eigenvalue weighted by Crippen LogP contribution is 2.30. The lowest BCUT2D eigenvalue weighted by molar-refractivity contribution is -0.121. The average Bonchev–Trinajstić information content (AvgIpc) is 2.40. The van der Waals surface area contributed by atoms with Crippen LogP contribution in [0.5, 0.6) is 0 Å². The molecule has 1 aliphatic carbocycles. The van der Waals surface area contributed by atoms with Crippen LogP contribution in [0.15, 0.2) is 0 Å². The van der Waals surface area contributed by atoms with Crippen molar-refractivity contribution in [1.29, 1.82) is 0 Å². The van der Waals surface area contributed by atoms with Crippen molar-refractivity contribution >= 4 is 30.1 Å². The summed E-state index contributed by atoms with van der Waals surface area (Å²) in [6.45, 7) is 4.27. The first-order valence-electron chi connectivity index (χ1n) is 7.82. The Labute approximate surface area is 133 Å². The third-order valence-corrected chi connectivity index (χ3v) is 5.48. The van der Waals surface area contributed by atoms with Crippen molar-refractivity contribution in [2.24, 2.45) is 11.8 Å². The Balaban J connectivity index is 0.00000200. The zero-order valence-electron chi connectivity index (χ0n) is 12.5. The van der Waals surface area contributed by atoms with Crippen molar-refractivity contribution in [3.05, 3.63) is 0 Å². The second kappa shape index (κ2) is 9.91. The number of rotatable bonds is 5. The fourth-order valence-electron chi connectivity index (χ4n) is 3.28. The van der Waals surface area contributed by atoms with Gasteiger partial charge >= 0.3 is 0 Å². The molecular formula is C15H29ClN2OS. The maximum absolute atomic E-state index is 11.9. The summed E-state index contributed by atoms with van der Waals surface area (Å²) in [5.41, 5.74) is 0. The molecule has 20 heavy (non-hydrogen) atoms. The van der Waals surface area contributed by atoms with E-state index in [1.807, 2.05) is 11.8 Å². The molecule has 0 aromatic heterocycles. The topological polar surface area (TPSA) is 41.1 Å². The predicted octanol–water partition coefficient (Wildman–Crippen LogP) is 2.84. The van der Waals surface area contributed by atoms with E-state index >= 15 is 0 Å². The molecule has 2 rings (SSSR count). The van der Waals surface area contributed by atoms with Crippen LogP contribution in [0.1, 0.15) is 45.4 Å². The number of carbonyl (C=O) groups excluding carboxylic acids is 1. The standard InChI is InChI=1S/C15H28N2OS.ClH/c1-12-3-2-4-13(9-12)5-6-17-15(18)10-14-11-19-8-7-16-14;/h12-14,16H,2-11H2,1H3,(H,17,18);1H. The quantitative estimate of drug-likeness (QED) is 0.818. The van der Waals surface area contributed by atoms with Gasteiger partial charge in [0.15, 0.2) is 0 Å².